The van der Waals surface area contributed by atoms with Crippen LogP contribution in [0, 0.1) is 13.8 Å². The number of benzene rings is 2. The maximum Gasteiger partial charge on any atom is 0.337 e. The normalized spacial score (nSPS) is 10.6. The predicted octanol–water partition coefficient (Wildman–Crippen LogP) is 3.94. The van der Waals surface area contributed by atoms with Gasteiger partial charge < -0.3 is 14.8 Å². The Kier molecular flexibility index (Phi) is 7.35. The summed E-state index contributed by atoms with van der Waals surface area (Å²) in [4.78, 5) is 35.4. The molecule has 6 nitrogen and oxygen atoms in total. The Bertz CT molecular complexity index is 936. The van der Waals surface area contributed by atoms with Crippen LogP contribution in [0.1, 0.15) is 27.0 Å². The van der Waals surface area contributed by atoms with Crippen molar-refractivity contribution in [3.05, 3.63) is 69.8 Å². The van der Waals surface area contributed by atoms with Gasteiger partial charge in [-0.3, -0.25) is 4.79 Å². The van der Waals surface area contributed by atoms with E-state index in [9.17, 15) is 14.4 Å². The fourth-order valence-electron chi connectivity index (χ4n) is 2.25. The molecular weight excluding hydrogens is 382 g/mol. The van der Waals surface area contributed by atoms with Crippen molar-refractivity contribution in [3.8, 4) is 0 Å². The summed E-state index contributed by atoms with van der Waals surface area (Å²) in [7, 11) is 1.28. The quantitative estimate of drug-likeness (QED) is 0.585. The number of hydrogen-bond donors (Lipinski definition) is 1. The Morgan fingerprint density at radius 3 is 2.46 bits per heavy atom. The molecule has 0 atom stereocenters. The molecule has 0 aromatic heterocycles. The van der Waals surface area contributed by atoms with Gasteiger partial charge in [0.15, 0.2) is 6.61 Å². The maximum atomic E-state index is 12.0. The minimum atomic E-state index is -0.660. The van der Waals surface area contributed by atoms with Crippen molar-refractivity contribution in [1.82, 2.24) is 0 Å². The van der Waals surface area contributed by atoms with Gasteiger partial charge in [-0.25, -0.2) is 9.59 Å². The van der Waals surface area contributed by atoms with Gasteiger partial charge in [0.25, 0.3) is 5.91 Å². The molecular formula is C21H20ClNO5. The predicted molar refractivity (Wildman–Crippen MR) is 107 cm³/mol. The molecule has 0 saturated heterocycles. The number of carbonyl (C=O) groups is 3. The van der Waals surface area contributed by atoms with Crippen LogP contribution >= 0.6 is 11.6 Å². The average Bonchev–Trinajstić information content (AvgIpc) is 2.68. The van der Waals surface area contributed by atoms with E-state index in [2.05, 4.69) is 10.1 Å². The van der Waals surface area contributed by atoms with Crippen LogP contribution in [0.2, 0.25) is 5.02 Å². The Balaban J connectivity index is 1.91. The number of halogens is 1. The summed E-state index contributed by atoms with van der Waals surface area (Å²) >= 11 is 6.03. The minimum Gasteiger partial charge on any atom is -0.465 e. The van der Waals surface area contributed by atoms with Crippen LogP contribution in [0.25, 0.3) is 6.08 Å². The summed E-state index contributed by atoms with van der Waals surface area (Å²) in [6, 6.07) is 10.2. The van der Waals surface area contributed by atoms with E-state index in [1.165, 1.54) is 19.3 Å². The molecule has 0 aliphatic heterocycles. The summed E-state index contributed by atoms with van der Waals surface area (Å²) in [5, 5.41) is 3.20. The number of methoxy groups -OCH3 is 1. The number of hydrogen-bond acceptors (Lipinski definition) is 5. The van der Waals surface area contributed by atoms with E-state index < -0.39 is 24.5 Å². The molecule has 146 valence electrons. The van der Waals surface area contributed by atoms with Gasteiger partial charge >= 0.3 is 11.9 Å². The summed E-state index contributed by atoms with van der Waals surface area (Å²) in [6.45, 7) is 3.20. The van der Waals surface area contributed by atoms with Crippen molar-refractivity contribution in [3.63, 3.8) is 0 Å². The molecule has 0 spiro atoms. The summed E-state index contributed by atoms with van der Waals surface area (Å²) in [5.74, 6) is -1.69. The Morgan fingerprint density at radius 1 is 1.07 bits per heavy atom. The van der Waals surface area contributed by atoms with Crippen LogP contribution < -0.4 is 5.32 Å². The first-order valence-electron chi connectivity index (χ1n) is 8.40. The molecule has 0 bridgehead atoms. The highest BCUT2D eigenvalue weighted by atomic mass is 35.5. The number of amides is 1. The number of rotatable bonds is 6. The molecule has 0 radical (unpaired) electrons. The van der Waals surface area contributed by atoms with Crippen molar-refractivity contribution < 1.29 is 23.9 Å². The Morgan fingerprint density at radius 2 is 1.79 bits per heavy atom. The molecule has 0 saturated carbocycles. The smallest absolute Gasteiger partial charge is 0.337 e. The zero-order chi connectivity index (χ0) is 20.7. The molecule has 28 heavy (non-hydrogen) atoms. The summed E-state index contributed by atoms with van der Waals surface area (Å²) < 4.78 is 9.58. The van der Waals surface area contributed by atoms with E-state index in [0.717, 1.165) is 16.7 Å². The summed E-state index contributed by atoms with van der Waals surface area (Å²) in [6.07, 6.45) is 2.77. The molecule has 7 heteroatoms. The van der Waals surface area contributed by atoms with Gasteiger partial charge in [-0.1, -0.05) is 29.8 Å². The number of nitrogens with one attached hydrogen (secondary N) is 1. The van der Waals surface area contributed by atoms with Gasteiger partial charge in [0.05, 0.1) is 12.7 Å². The monoisotopic (exact) mass is 401 g/mol. The number of anilines is 1. The van der Waals surface area contributed by atoms with Crippen molar-refractivity contribution in [1.29, 1.82) is 0 Å². The Hall–Kier alpha value is -3.12. The van der Waals surface area contributed by atoms with Crippen LogP contribution in [0.3, 0.4) is 0 Å². The zero-order valence-corrected chi connectivity index (χ0v) is 16.5. The van der Waals surface area contributed by atoms with Gasteiger partial charge in [0.1, 0.15) is 0 Å². The lowest BCUT2D eigenvalue weighted by atomic mass is 10.1. The van der Waals surface area contributed by atoms with E-state index in [1.54, 1.807) is 31.2 Å². The fraction of sp³-hybridized carbons (Fsp3) is 0.190. The molecule has 0 heterocycles. The first-order valence-corrected chi connectivity index (χ1v) is 8.77. The van der Waals surface area contributed by atoms with Gasteiger partial charge in [-0.2, -0.15) is 0 Å². The second-order valence-corrected chi connectivity index (χ2v) is 6.43. The van der Waals surface area contributed by atoms with E-state index in [-0.39, 0.29) is 0 Å². The van der Waals surface area contributed by atoms with Crippen molar-refractivity contribution in [2.24, 2.45) is 0 Å². The molecule has 2 aromatic rings. The molecule has 0 aliphatic carbocycles. The molecule has 2 rings (SSSR count). The minimum absolute atomic E-state index is 0.306. The third-order valence-corrected chi connectivity index (χ3v) is 4.29. The van der Waals surface area contributed by atoms with E-state index in [1.807, 2.05) is 19.1 Å². The molecule has 1 N–H and O–H groups in total. The van der Waals surface area contributed by atoms with E-state index in [0.29, 0.717) is 16.3 Å². The zero-order valence-electron chi connectivity index (χ0n) is 15.7. The van der Waals surface area contributed by atoms with Gasteiger partial charge in [0.2, 0.25) is 0 Å². The highest BCUT2D eigenvalue weighted by Crippen LogP contribution is 2.18. The van der Waals surface area contributed by atoms with Crippen LogP contribution in [-0.2, 0) is 19.1 Å². The lowest BCUT2D eigenvalue weighted by Crippen LogP contribution is -2.21. The average molecular weight is 402 g/mol. The second kappa shape index (κ2) is 9.71. The highest BCUT2D eigenvalue weighted by Gasteiger charge is 2.11. The highest BCUT2D eigenvalue weighted by molar-refractivity contribution is 6.31. The third-order valence-electron chi connectivity index (χ3n) is 3.89. The topological polar surface area (TPSA) is 81.7 Å². The van der Waals surface area contributed by atoms with Crippen LogP contribution in [0.15, 0.2) is 42.5 Å². The lowest BCUT2D eigenvalue weighted by Gasteiger charge is -2.10. The number of carbonyl (C=O) groups excluding carboxylic acids is 3. The van der Waals surface area contributed by atoms with Crippen LogP contribution in [0.5, 0.6) is 0 Å². The Labute approximate surface area is 168 Å². The lowest BCUT2D eigenvalue weighted by molar-refractivity contribution is -0.142. The molecule has 1 amide bonds. The third kappa shape index (κ3) is 5.96. The number of esters is 2. The first-order chi connectivity index (χ1) is 13.3. The van der Waals surface area contributed by atoms with E-state index >= 15 is 0 Å². The van der Waals surface area contributed by atoms with Gasteiger partial charge in [0, 0.05) is 16.8 Å². The second-order valence-electron chi connectivity index (χ2n) is 6.02. The maximum absolute atomic E-state index is 12.0. The number of ether oxygens (including phenoxy) is 2. The molecule has 0 aliphatic rings. The molecule has 0 unspecified atom stereocenters. The standard InChI is InChI=1S/C21H20ClNO5/c1-13-4-6-15(10-17(13)22)7-9-20(25)28-12-19(24)23-18-11-16(21(26)27-3)8-5-14(18)2/h4-11H,12H2,1-3H3,(H,23,24)/b9-7+. The van der Waals surface area contributed by atoms with Crippen LogP contribution in [-0.4, -0.2) is 31.6 Å². The van der Waals surface area contributed by atoms with Gasteiger partial charge in [-0.05, 0) is 54.8 Å². The SMILES string of the molecule is COC(=O)c1ccc(C)c(NC(=O)COC(=O)/C=C/c2ccc(C)c(Cl)c2)c1. The van der Waals surface area contributed by atoms with E-state index in [4.69, 9.17) is 16.3 Å². The molecule has 2 aromatic carbocycles. The van der Waals surface area contributed by atoms with Crippen LogP contribution in [0.4, 0.5) is 5.69 Å². The van der Waals surface area contributed by atoms with Gasteiger partial charge in [-0.15, -0.1) is 0 Å². The summed E-state index contributed by atoms with van der Waals surface area (Å²) in [5.41, 5.74) is 3.18. The number of aryl methyl sites for hydroxylation is 2. The molecule has 0 fully saturated rings. The largest absolute Gasteiger partial charge is 0.465 e. The fourth-order valence-corrected chi connectivity index (χ4v) is 2.44. The van der Waals surface area contributed by atoms with Crippen molar-refractivity contribution in [2.75, 3.05) is 19.0 Å². The first kappa shape index (κ1) is 21.2. The van der Waals surface area contributed by atoms with Crippen molar-refractivity contribution in [2.45, 2.75) is 13.8 Å². The van der Waals surface area contributed by atoms with Crippen molar-refractivity contribution >= 4 is 41.2 Å².